The Bertz CT molecular complexity index is 1680. The van der Waals surface area contributed by atoms with Crippen LogP contribution in [0.1, 0.15) is 47.1 Å². The van der Waals surface area contributed by atoms with E-state index in [0.29, 0.717) is 11.3 Å². The summed E-state index contributed by atoms with van der Waals surface area (Å²) in [6.45, 7) is -2.59. The van der Waals surface area contributed by atoms with Gasteiger partial charge in [0.1, 0.15) is 24.6 Å². The summed E-state index contributed by atoms with van der Waals surface area (Å²) < 4.78 is 45.2. The number of fused-ring (bicyclic) bond motifs is 2. The van der Waals surface area contributed by atoms with Crippen LogP contribution in [0.25, 0.3) is 21.9 Å². The zero-order chi connectivity index (χ0) is 30.5. The third kappa shape index (κ3) is 5.52. The molecule has 1 saturated heterocycles. The van der Waals surface area contributed by atoms with Gasteiger partial charge in [0.05, 0.1) is 18.4 Å². The highest BCUT2D eigenvalue weighted by atomic mass is 16.7. The molecule has 0 amide bonds. The molecule has 1 unspecified atom stereocenters. The largest absolute Gasteiger partial charge is 0.463 e. The van der Waals surface area contributed by atoms with Crippen molar-refractivity contribution in [3.05, 3.63) is 66.4 Å². The van der Waals surface area contributed by atoms with Crippen LogP contribution in [-0.4, -0.2) is 68.1 Å². The molecule has 0 N–H and O–H groups in total. The zero-order valence-electron chi connectivity index (χ0n) is 24.1. The maximum Gasteiger partial charge on any atom is 0.303 e. The summed E-state index contributed by atoms with van der Waals surface area (Å²) >= 11 is 0. The van der Waals surface area contributed by atoms with Crippen LogP contribution in [0.2, 0.25) is 0 Å². The minimum absolute atomic E-state index is 0.0907. The van der Waals surface area contributed by atoms with Gasteiger partial charge in [-0.3, -0.25) is 23.7 Å². The van der Waals surface area contributed by atoms with Crippen molar-refractivity contribution in [2.45, 2.75) is 51.7 Å². The standard InChI is InChI=1S/C28H26N4O8/c1-15(33)37-12-23-25(38-16(2)34)26(39-17(3)35)28(40-23)32-14-31-24-21(29-13-30-27(24)32)11-22(36)20-9-8-18-6-4-5-7-19(18)10-20/h4-10,13-14,23,25-26,28H,11-12H2,1-3H3/t23-,25-,26-,28?/m1/s1/i1D,2D,3D. The van der Waals surface area contributed by atoms with E-state index in [4.69, 9.17) is 23.1 Å². The van der Waals surface area contributed by atoms with Crippen LogP contribution in [0.15, 0.2) is 55.1 Å². The van der Waals surface area contributed by atoms with Gasteiger partial charge in [-0.15, -0.1) is 0 Å². The predicted octanol–water partition coefficient (Wildman–Crippen LogP) is 2.73. The number of hydrogen-bond acceptors (Lipinski definition) is 11. The summed E-state index contributed by atoms with van der Waals surface area (Å²) in [5.41, 5.74) is 1.31. The van der Waals surface area contributed by atoms with Crippen LogP contribution < -0.4 is 0 Å². The molecule has 0 spiro atoms. The second-order valence-electron chi connectivity index (χ2n) is 8.96. The lowest BCUT2D eigenvalue weighted by Gasteiger charge is -2.23. The predicted molar refractivity (Wildman–Crippen MR) is 139 cm³/mol. The first-order valence-electron chi connectivity index (χ1n) is 14.2. The van der Waals surface area contributed by atoms with Crippen molar-refractivity contribution < 1.29 is 42.2 Å². The zero-order valence-corrected chi connectivity index (χ0v) is 21.1. The summed E-state index contributed by atoms with van der Waals surface area (Å²) in [6, 6.07) is 13.1. The van der Waals surface area contributed by atoms with Gasteiger partial charge in [0, 0.05) is 30.4 Å². The molecule has 40 heavy (non-hydrogen) atoms. The third-order valence-corrected chi connectivity index (χ3v) is 6.34. The summed E-state index contributed by atoms with van der Waals surface area (Å²) in [5, 5.41) is 1.92. The number of imidazole rings is 1. The van der Waals surface area contributed by atoms with Crippen LogP contribution >= 0.6 is 0 Å². The van der Waals surface area contributed by atoms with E-state index in [1.54, 1.807) is 12.1 Å². The number of carbonyl (C=O) groups is 4. The number of benzene rings is 2. The highest BCUT2D eigenvalue weighted by Crippen LogP contribution is 2.36. The molecule has 12 heteroatoms. The number of carbonyl (C=O) groups excluding carboxylic acids is 4. The van der Waals surface area contributed by atoms with Crippen molar-refractivity contribution in [2.24, 2.45) is 0 Å². The van der Waals surface area contributed by atoms with E-state index in [9.17, 15) is 19.2 Å². The summed E-state index contributed by atoms with van der Waals surface area (Å²) in [5.74, 6) is -2.96. The van der Waals surface area contributed by atoms with Gasteiger partial charge in [0.15, 0.2) is 29.9 Å². The molecule has 4 aromatic rings. The first kappa shape index (κ1) is 23.2. The second kappa shape index (κ2) is 11.2. The average molecular weight is 550 g/mol. The second-order valence-corrected chi connectivity index (χ2v) is 8.96. The molecule has 0 saturated carbocycles. The Morgan fingerprint density at radius 1 is 0.925 bits per heavy atom. The molecule has 4 atom stereocenters. The lowest BCUT2D eigenvalue weighted by atomic mass is 10.0. The van der Waals surface area contributed by atoms with Crippen LogP contribution in [0.4, 0.5) is 0 Å². The Balaban J connectivity index is 1.47. The Labute approximate surface area is 232 Å². The molecule has 5 rings (SSSR count). The van der Waals surface area contributed by atoms with E-state index in [1.165, 1.54) is 17.2 Å². The SMILES string of the molecule is [2H]CC(=O)OC[C@H]1OC(n2cnc3c(CC(=O)c4ccc5ccccc5c4)ncnc32)[C@H](OC(=O)C[2H])[C@@H]1OC(=O)C[2H]. The van der Waals surface area contributed by atoms with E-state index in [-0.39, 0.29) is 23.4 Å². The maximum absolute atomic E-state index is 13.2. The molecule has 12 nitrogen and oxygen atoms in total. The molecule has 206 valence electrons. The number of Topliss-reactive ketones (excluding diaryl/α,β-unsaturated/α-hetero) is 1. The first-order valence-corrected chi connectivity index (χ1v) is 12.1. The lowest BCUT2D eigenvalue weighted by Crippen LogP contribution is -2.40. The highest BCUT2D eigenvalue weighted by Gasteiger charge is 2.51. The minimum atomic E-state index is -1.34. The van der Waals surface area contributed by atoms with Gasteiger partial charge >= 0.3 is 17.9 Å². The fourth-order valence-electron chi connectivity index (χ4n) is 4.65. The van der Waals surface area contributed by atoms with Gasteiger partial charge in [0.2, 0.25) is 0 Å². The van der Waals surface area contributed by atoms with Crippen molar-refractivity contribution >= 4 is 45.6 Å². The monoisotopic (exact) mass is 549 g/mol. The van der Waals surface area contributed by atoms with Crippen LogP contribution in [-0.2, 0) is 39.8 Å². The van der Waals surface area contributed by atoms with Crippen molar-refractivity contribution in [2.75, 3.05) is 6.61 Å². The third-order valence-electron chi connectivity index (χ3n) is 6.34. The maximum atomic E-state index is 13.2. The smallest absolute Gasteiger partial charge is 0.303 e. The van der Waals surface area contributed by atoms with Gasteiger partial charge in [0.25, 0.3) is 0 Å². The van der Waals surface area contributed by atoms with Crippen molar-refractivity contribution in [3.63, 3.8) is 0 Å². The van der Waals surface area contributed by atoms with Gasteiger partial charge in [-0.1, -0.05) is 36.4 Å². The number of nitrogens with zero attached hydrogens (tertiary/aromatic N) is 4. The molecular weight excluding hydrogens is 520 g/mol. The summed E-state index contributed by atoms with van der Waals surface area (Å²) in [4.78, 5) is 62.2. The molecule has 2 aromatic carbocycles. The molecule has 3 heterocycles. The Morgan fingerprint density at radius 2 is 1.68 bits per heavy atom. The molecule has 0 aliphatic carbocycles. The number of hydrogen-bond donors (Lipinski definition) is 0. The molecule has 0 bridgehead atoms. The number of ketones is 1. The molecule has 1 aliphatic rings. The molecule has 2 aromatic heterocycles. The number of esters is 3. The van der Waals surface area contributed by atoms with Crippen LogP contribution in [0.5, 0.6) is 0 Å². The Kier molecular flexibility index (Phi) is 6.49. The van der Waals surface area contributed by atoms with Gasteiger partial charge in [-0.25, -0.2) is 15.0 Å². The fraction of sp³-hybridized carbons (Fsp3) is 0.321. The summed E-state index contributed by atoms with van der Waals surface area (Å²) in [7, 11) is 0. The molecule has 1 aliphatic heterocycles. The number of rotatable bonds is 8. The number of aromatic nitrogens is 4. The lowest BCUT2D eigenvalue weighted by molar-refractivity contribution is -0.166. The molecule has 1 fully saturated rings. The minimum Gasteiger partial charge on any atom is -0.463 e. The van der Waals surface area contributed by atoms with Crippen LogP contribution in [0.3, 0.4) is 0 Å². The molecular formula is C28H26N4O8. The van der Waals surface area contributed by atoms with Crippen molar-refractivity contribution in [3.8, 4) is 0 Å². The highest BCUT2D eigenvalue weighted by molar-refractivity contribution is 6.01. The van der Waals surface area contributed by atoms with Gasteiger partial charge in [-0.05, 0) is 16.8 Å². The van der Waals surface area contributed by atoms with E-state index in [2.05, 4.69) is 15.0 Å². The van der Waals surface area contributed by atoms with E-state index >= 15 is 0 Å². The first-order chi connectivity index (χ1) is 20.8. The van der Waals surface area contributed by atoms with Crippen molar-refractivity contribution in [1.29, 1.82) is 0 Å². The molecule has 0 radical (unpaired) electrons. The number of ether oxygens (including phenoxy) is 4. The van der Waals surface area contributed by atoms with Gasteiger partial charge in [-0.2, -0.15) is 0 Å². The Hall–Kier alpha value is -4.71. The Morgan fingerprint density at radius 3 is 2.45 bits per heavy atom. The van der Waals surface area contributed by atoms with E-state index < -0.39 is 69.8 Å². The normalized spacial score (nSPS) is 21.4. The quantitative estimate of drug-likeness (QED) is 0.181. The van der Waals surface area contributed by atoms with Crippen LogP contribution in [0, 0.1) is 0 Å². The van der Waals surface area contributed by atoms with E-state index in [0.717, 1.165) is 10.8 Å². The topological polar surface area (TPSA) is 149 Å². The van der Waals surface area contributed by atoms with Crippen molar-refractivity contribution in [1.82, 2.24) is 19.5 Å². The summed E-state index contributed by atoms with van der Waals surface area (Å²) in [6.07, 6.45) is -2.57. The fourth-order valence-corrected chi connectivity index (χ4v) is 4.65. The van der Waals surface area contributed by atoms with Gasteiger partial charge < -0.3 is 18.9 Å². The average Bonchev–Trinajstić information content (AvgIpc) is 3.61. The van der Waals surface area contributed by atoms with E-state index in [1.807, 2.05) is 30.3 Å².